The number of ether oxygens (including phenoxy) is 2. The lowest BCUT2D eigenvalue weighted by Gasteiger charge is -2.18. The molecule has 1 atom stereocenters. The topological polar surface area (TPSA) is 47.6 Å². The summed E-state index contributed by atoms with van der Waals surface area (Å²) in [7, 11) is 0. The first-order valence-corrected chi connectivity index (χ1v) is 8.83. The van der Waals surface area contributed by atoms with E-state index in [9.17, 15) is 4.79 Å². The fourth-order valence-electron chi connectivity index (χ4n) is 2.52. The Bertz CT molecular complexity index is 655. The summed E-state index contributed by atoms with van der Waals surface area (Å²) in [6.07, 6.45) is 0.114. The second-order valence-electron chi connectivity index (χ2n) is 6.16. The van der Waals surface area contributed by atoms with Crippen molar-refractivity contribution in [1.82, 2.24) is 5.32 Å². The van der Waals surface area contributed by atoms with Crippen molar-refractivity contribution in [2.24, 2.45) is 0 Å². The summed E-state index contributed by atoms with van der Waals surface area (Å²) in [5, 5.41) is 2.88. The fraction of sp³-hybridized carbons (Fsp3) is 0.381. The SMILES string of the molecule is CCC(Oc1ccccc1)C(=O)NCCOc1ccccc1C(C)C. The highest BCUT2D eigenvalue weighted by molar-refractivity contribution is 5.81. The lowest BCUT2D eigenvalue weighted by molar-refractivity contribution is -0.128. The molecule has 0 aliphatic heterocycles. The first kappa shape index (κ1) is 18.8. The molecule has 0 saturated carbocycles. The average Bonchev–Trinajstić information content (AvgIpc) is 2.64. The molecule has 0 aromatic heterocycles. The van der Waals surface area contributed by atoms with Gasteiger partial charge in [0.1, 0.15) is 18.1 Å². The molecule has 134 valence electrons. The molecule has 25 heavy (non-hydrogen) atoms. The molecule has 1 amide bonds. The molecule has 0 saturated heterocycles. The zero-order chi connectivity index (χ0) is 18.1. The summed E-state index contributed by atoms with van der Waals surface area (Å²) < 4.78 is 11.6. The number of benzene rings is 2. The van der Waals surface area contributed by atoms with Crippen molar-refractivity contribution in [2.45, 2.75) is 39.2 Å². The molecule has 1 unspecified atom stereocenters. The summed E-state index contributed by atoms with van der Waals surface area (Å²) >= 11 is 0. The van der Waals surface area contributed by atoms with Crippen LogP contribution in [0.5, 0.6) is 11.5 Å². The number of hydrogen-bond donors (Lipinski definition) is 1. The van der Waals surface area contributed by atoms with Crippen LogP contribution in [0.25, 0.3) is 0 Å². The van der Waals surface area contributed by atoms with Crippen LogP contribution in [0, 0.1) is 0 Å². The number of nitrogens with one attached hydrogen (secondary N) is 1. The molecule has 1 N–H and O–H groups in total. The van der Waals surface area contributed by atoms with Gasteiger partial charge in [0.05, 0.1) is 6.54 Å². The van der Waals surface area contributed by atoms with Crippen molar-refractivity contribution >= 4 is 5.91 Å². The third-order valence-corrected chi connectivity index (χ3v) is 3.88. The Kier molecular flexibility index (Phi) is 7.33. The Hall–Kier alpha value is -2.49. The zero-order valence-electron chi connectivity index (χ0n) is 15.2. The van der Waals surface area contributed by atoms with E-state index < -0.39 is 6.10 Å². The van der Waals surface area contributed by atoms with Gasteiger partial charge in [-0.2, -0.15) is 0 Å². The van der Waals surface area contributed by atoms with Crippen LogP contribution in [-0.4, -0.2) is 25.2 Å². The predicted molar refractivity (Wildman–Crippen MR) is 100 cm³/mol. The van der Waals surface area contributed by atoms with Gasteiger partial charge in [0, 0.05) is 0 Å². The Morgan fingerprint density at radius 2 is 1.72 bits per heavy atom. The smallest absolute Gasteiger partial charge is 0.261 e. The molecule has 0 radical (unpaired) electrons. The molecule has 0 fully saturated rings. The van der Waals surface area contributed by atoms with E-state index in [1.807, 2.05) is 55.5 Å². The van der Waals surface area contributed by atoms with Crippen LogP contribution in [0.3, 0.4) is 0 Å². The molecule has 4 heteroatoms. The Labute approximate surface area is 150 Å². The van der Waals surface area contributed by atoms with E-state index in [-0.39, 0.29) is 5.91 Å². The van der Waals surface area contributed by atoms with E-state index in [0.29, 0.717) is 31.2 Å². The third-order valence-electron chi connectivity index (χ3n) is 3.88. The molecule has 4 nitrogen and oxygen atoms in total. The number of hydrogen-bond acceptors (Lipinski definition) is 3. The van der Waals surface area contributed by atoms with Gasteiger partial charge in [0.2, 0.25) is 0 Å². The molecule has 0 bridgehead atoms. The predicted octanol–water partition coefficient (Wildman–Crippen LogP) is 4.16. The van der Waals surface area contributed by atoms with E-state index in [0.717, 1.165) is 5.75 Å². The molecular weight excluding hydrogens is 314 g/mol. The van der Waals surface area contributed by atoms with Crippen molar-refractivity contribution in [3.8, 4) is 11.5 Å². The summed E-state index contributed by atoms with van der Waals surface area (Å²) in [6, 6.07) is 17.4. The van der Waals surface area contributed by atoms with E-state index in [1.54, 1.807) is 0 Å². The van der Waals surface area contributed by atoms with E-state index >= 15 is 0 Å². The fourth-order valence-corrected chi connectivity index (χ4v) is 2.52. The first-order chi connectivity index (χ1) is 12.1. The van der Waals surface area contributed by atoms with Crippen LogP contribution < -0.4 is 14.8 Å². The second-order valence-corrected chi connectivity index (χ2v) is 6.16. The minimum atomic E-state index is -0.495. The van der Waals surface area contributed by atoms with Gasteiger partial charge in [-0.25, -0.2) is 0 Å². The van der Waals surface area contributed by atoms with Crippen LogP contribution in [0.2, 0.25) is 0 Å². The van der Waals surface area contributed by atoms with E-state index in [2.05, 4.69) is 25.2 Å². The van der Waals surface area contributed by atoms with Crippen LogP contribution in [-0.2, 0) is 4.79 Å². The number of carbonyl (C=O) groups is 1. The molecule has 0 heterocycles. The summed E-state index contributed by atoms with van der Waals surface area (Å²) in [5.41, 5.74) is 1.17. The second kappa shape index (κ2) is 9.72. The number of amides is 1. The number of para-hydroxylation sites is 2. The molecule has 2 aromatic carbocycles. The van der Waals surface area contributed by atoms with Crippen LogP contribution in [0.4, 0.5) is 0 Å². The number of carbonyl (C=O) groups excluding carboxylic acids is 1. The monoisotopic (exact) mass is 341 g/mol. The maximum atomic E-state index is 12.3. The molecule has 0 spiro atoms. The van der Waals surface area contributed by atoms with Crippen LogP contribution in [0.15, 0.2) is 54.6 Å². The standard InChI is InChI=1S/C21H27NO3/c1-4-19(25-17-10-6-5-7-11-17)21(23)22-14-15-24-20-13-9-8-12-18(20)16(2)3/h5-13,16,19H,4,14-15H2,1-3H3,(H,22,23). The van der Waals surface area contributed by atoms with Gasteiger partial charge in [-0.15, -0.1) is 0 Å². The number of rotatable bonds is 9. The Morgan fingerprint density at radius 3 is 2.40 bits per heavy atom. The average molecular weight is 341 g/mol. The van der Waals surface area contributed by atoms with Gasteiger partial charge in [-0.1, -0.05) is 57.2 Å². The van der Waals surface area contributed by atoms with Gasteiger partial charge in [-0.3, -0.25) is 4.79 Å². The van der Waals surface area contributed by atoms with Gasteiger partial charge in [-0.05, 0) is 36.1 Å². The van der Waals surface area contributed by atoms with Crippen molar-refractivity contribution in [3.63, 3.8) is 0 Å². The van der Waals surface area contributed by atoms with E-state index in [1.165, 1.54) is 5.56 Å². The normalized spacial score (nSPS) is 11.8. The molecular formula is C21H27NO3. The summed E-state index contributed by atoms with van der Waals surface area (Å²) in [4.78, 5) is 12.3. The lowest BCUT2D eigenvalue weighted by atomic mass is 10.0. The Morgan fingerprint density at radius 1 is 1.04 bits per heavy atom. The Balaban J connectivity index is 1.79. The lowest BCUT2D eigenvalue weighted by Crippen LogP contribution is -2.39. The van der Waals surface area contributed by atoms with Crippen LogP contribution >= 0.6 is 0 Å². The van der Waals surface area contributed by atoms with Crippen molar-refractivity contribution in [3.05, 3.63) is 60.2 Å². The highest BCUT2D eigenvalue weighted by Gasteiger charge is 2.17. The van der Waals surface area contributed by atoms with Gasteiger partial charge >= 0.3 is 0 Å². The minimum Gasteiger partial charge on any atom is -0.491 e. The summed E-state index contributed by atoms with van der Waals surface area (Å²) in [5.74, 6) is 1.85. The molecule has 2 rings (SSSR count). The highest BCUT2D eigenvalue weighted by atomic mass is 16.5. The molecule has 2 aromatic rings. The van der Waals surface area contributed by atoms with Crippen molar-refractivity contribution < 1.29 is 14.3 Å². The van der Waals surface area contributed by atoms with E-state index in [4.69, 9.17) is 9.47 Å². The van der Waals surface area contributed by atoms with Crippen LogP contribution in [0.1, 0.15) is 38.7 Å². The van der Waals surface area contributed by atoms with Gasteiger partial charge < -0.3 is 14.8 Å². The first-order valence-electron chi connectivity index (χ1n) is 8.83. The third kappa shape index (κ3) is 5.82. The largest absolute Gasteiger partial charge is 0.491 e. The van der Waals surface area contributed by atoms with Crippen molar-refractivity contribution in [1.29, 1.82) is 0 Å². The zero-order valence-corrected chi connectivity index (χ0v) is 15.2. The van der Waals surface area contributed by atoms with Crippen molar-refractivity contribution in [2.75, 3.05) is 13.2 Å². The van der Waals surface area contributed by atoms with Gasteiger partial charge in [0.15, 0.2) is 6.10 Å². The molecule has 0 aliphatic rings. The maximum Gasteiger partial charge on any atom is 0.261 e. The maximum absolute atomic E-state index is 12.3. The quantitative estimate of drug-likeness (QED) is 0.697. The highest BCUT2D eigenvalue weighted by Crippen LogP contribution is 2.25. The molecule has 0 aliphatic carbocycles. The van der Waals surface area contributed by atoms with Gasteiger partial charge in [0.25, 0.3) is 5.91 Å². The minimum absolute atomic E-state index is 0.118. The summed E-state index contributed by atoms with van der Waals surface area (Å²) in [6.45, 7) is 7.08.